The molecular weight excluding hydrogens is 232 g/mol. The summed E-state index contributed by atoms with van der Waals surface area (Å²) in [5.74, 6) is -0.282. The van der Waals surface area contributed by atoms with Crippen LogP contribution in [0.2, 0.25) is 0 Å². The van der Waals surface area contributed by atoms with E-state index >= 15 is 0 Å². The number of ether oxygens (including phenoxy) is 3. The molecule has 1 aliphatic rings. The molecule has 0 amide bonds. The van der Waals surface area contributed by atoms with Gasteiger partial charge in [0.05, 0.1) is 13.2 Å². The van der Waals surface area contributed by atoms with Crippen molar-refractivity contribution in [2.24, 2.45) is 0 Å². The van der Waals surface area contributed by atoms with Gasteiger partial charge < -0.3 is 14.2 Å². The fourth-order valence-electron chi connectivity index (χ4n) is 1.73. The van der Waals surface area contributed by atoms with E-state index in [0.717, 1.165) is 5.56 Å². The van der Waals surface area contributed by atoms with Crippen molar-refractivity contribution in [1.82, 2.24) is 0 Å². The summed E-state index contributed by atoms with van der Waals surface area (Å²) in [5, 5.41) is 0. The molecule has 1 aliphatic heterocycles. The average molecular weight is 250 g/mol. The molecule has 18 heavy (non-hydrogen) atoms. The number of rotatable bonds is 6. The number of hydrogen-bond donors (Lipinski definition) is 0. The predicted molar refractivity (Wildman–Crippen MR) is 66.0 cm³/mol. The molecule has 0 saturated carbocycles. The molecule has 2 rings (SSSR count). The Kier molecular flexibility index (Phi) is 3.99. The van der Waals surface area contributed by atoms with Crippen LogP contribution in [0, 0.1) is 0 Å². The van der Waals surface area contributed by atoms with Crippen LogP contribution in [0.15, 0.2) is 30.3 Å². The summed E-state index contributed by atoms with van der Waals surface area (Å²) in [5.41, 5.74) is 0.766. The summed E-state index contributed by atoms with van der Waals surface area (Å²) in [4.78, 5) is 10.7. The Hall–Kier alpha value is -1.39. The lowest BCUT2D eigenvalue weighted by atomic mass is 10.1. The fourth-order valence-corrected chi connectivity index (χ4v) is 1.73. The van der Waals surface area contributed by atoms with E-state index in [4.69, 9.17) is 14.2 Å². The smallest absolute Gasteiger partial charge is 0.302 e. The van der Waals surface area contributed by atoms with Crippen LogP contribution in [0.1, 0.15) is 19.4 Å². The molecule has 1 fully saturated rings. The molecule has 0 spiro atoms. The summed E-state index contributed by atoms with van der Waals surface area (Å²) in [6, 6.07) is 9.98. The highest BCUT2D eigenvalue weighted by molar-refractivity contribution is 5.66. The largest absolute Gasteiger partial charge is 0.463 e. The van der Waals surface area contributed by atoms with E-state index in [1.807, 2.05) is 37.3 Å². The average Bonchev–Trinajstić information content (AvgIpc) is 3.00. The Balaban J connectivity index is 1.66. The SMILES string of the molecule is CC(=O)OC[C@@]1(C)O[C@@H]1COCc1ccccc1. The van der Waals surface area contributed by atoms with Gasteiger partial charge in [0.1, 0.15) is 18.3 Å². The maximum Gasteiger partial charge on any atom is 0.302 e. The fraction of sp³-hybridized carbons (Fsp3) is 0.500. The quantitative estimate of drug-likeness (QED) is 0.571. The van der Waals surface area contributed by atoms with Gasteiger partial charge in [0.25, 0.3) is 0 Å². The molecule has 1 aromatic rings. The first kappa shape index (κ1) is 13.1. The maximum atomic E-state index is 10.7. The molecule has 0 bridgehead atoms. The van der Waals surface area contributed by atoms with Gasteiger partial charge in [0, 0.05) is 6.92 Å². The van der Waals surface area contributed by atoms with E-state index in [9.17, 15) is 4.79 Å². The summed E-state index contributed by atoms with van der Waals surface area (Å²) in [7, 11) is 0. The summed E-state index contributed by atoms with van der Waals surface area (Å²) >= 11 is 0. The van der Waals surface area contributed by atoms with Crippen molar-refractivity contribution in [2.45, 2.75) is 32.2 Å². The maximum absolute atomic E-state index is 10.7. The molecule has 0 radical (unpaired) electrons. The van der Waals surface area contributed by atoms with E-state index in [0.29, 0.717) is 19.8 Å². The standard InChI is InChI=1S/C14H18O4/c1-11(15)17-10-14(2)13(18-14)9-16-8-12-6-4-3-5-7-12/h3-7,13H,8-10H2,1-2H3/t13-,14-/m1/s1. The number of carbonyl (C=O) groups is 1. The monoisotopic (exact) mass is 250 g/mol. The van der Waals surface area contributed by atoms with Crippen LogP contribution in [0.3, 0.4) is 0 Å². The topological polar surface area (TPSA) is 48.1 Å². The van der Waals surface area contributed by atoms with Crippen LogP contribution < -0.4 is 0 Å². The van der Waals surface area contributed by atoms with Crippen molar-refractivity contribution >= 4 is 5.97 Å². The summed E-state index contributed by atoms with van der Waals surface area (Å²) in [6.45, 7) is 4.71. The van der Waals surface area contributed by atoms with Crippen LogP contribution in [-0.2, 0) is 25.6 Å². The second kappa shape index (κ2) is 5.50. The van der Waals surface area contributed by atoms with Gasteiger partial charge in [-0.2, -0.15) is 0 Å². The molecule has 0 aliphatic carbocycles. The van der Waals surface area contributed by atoms with Crippen molar-refractivity contribution in [2.75, 3.05) is 13.2 Å². The molecule has 2 atom stereocenters. The highest BCUT2D eigenvalue weighted by Gasteiger charge is 2.53. The predicted octanol–water partition coefficient (Wildman–Crippen LogP) is 1.92. The third-order valence-electron chi connectivity index (χ3n) is 2.98. The lowest BCUT2D eigenvalue weighted by Gasteiger charge is -2.07. The van der Waals surface area contributed by atoms with Crippen molar-refractivity contribution in [3.63, 3.8) is 0 Å². The first-order valence-electron chi connectivity index (χ1n) is 6.03. The highest BCUT2D eigenvalue weighted by Crippen LogP contribution is 2.36. The number of hydrogen-bond acceptors (Lipinski definition) is 4. The van der Waals surface area contributed by atoms with Gasteiger partial charge in [0.2, 0.25) is 0 Å². The Labute approximate surface area is 107 Å². The van der Waals surface area contributed by atoms with E-state index in [1.165, 1.54) is 6.92 Å². The van der Waals surface area contributed by atoms with Crippen LogP contribution >= 0.6 is 0 Å². The Bertz CT molecular complexity index is 404. The first-order chi connectivity index (χ1) is 8.60. The molecule has 0 aromatic heterocycles. The molecule has 1 aromatic carbocycles. The zero-order chi connectivity index (χ0) is 13.0. The minimum absolute atomic E-state index is 0.0144. The van der Waals surface area contributed by atoms with Gasteiger partial charge >= 0.3 is 5.97 Å². The van der Waals surface area contributed by atoms with Crippen LogP contribution in [-0.4, -0.2) is 30.9 Å². The molecule has 98 valence electrons. The Morgan fingerprint density at radius 2 is 2.11 bits per heavy atom. The number of epoxide rings is 1. The lowest BCUT2D eigenvalue weighted by Crippen LogP contribution is -2.22. The molecule has 4 heteroatoms. The van der Waals surface area contributed by atoms with Gasteiger partial charge in [-0.1, -0.05) is 30.3 Å². The first-order valence-corrected chi connectivity index (χ1v) is 6.03. The van der Waals surface area contributed by atoms with Gasteiger partial charge in [-0.15, -0.1) is 0 Å². The summed E-state index contributed by atoms with van der Waals surface area (Å²) < 4.78 is 16.0. The molecule has 1 saturated heterocycles. The van der Waals surface area contributed by atoms with E-state index in [2.05, 4.69) is 0 Å². The second-order valence-electron chi connectivity index (χ2n) is 4.70. The van der Waals surface area contributed by atoms with Crippen molar-refractivity contribution in [1.29, 1.82) is 0 Å². The van der Waals surface area contributed by atoms with E-state index in [-0.39, 0.29) is 17.7 Å². The number of benzene rings is 1. The number of esters is 1. The third kappa shape index (κ3) is 3.55. The van der Waals surface area contributed by atoms with E-state index < -0.39 is 0 Å². The number of carbonyl (C=O) groups excluding carboxylic acids is 1. The Morgan fingerprint density at radius 3 is 2.78 bits per heavy atom. The van der Waals surface area contributed by atoms with Crippen molar-refractivity contribution < 1.29 is 19.0 Å². The summed E-state index contributed by atoms with van der Waals surface area (Å²) in [6.07, 6.45) is 0.0144. The normalized spacial score (nSPS) is 25.8. The molecule has 0 N–H and O–H groups in total. The zero-order valence-corrected chi connectivity index (χ0v) is 10.7. The van der Waals surface area contributed by atoms with Crippen LogP contribution in [0.5, 0.6) is 0 Å². The Morgan fingerprint density at radius 1 is 1.39 bits per heavy atom. The molecular formula is C14H18O4. The van der Waals surface area contributed by atoms with Gasteiger partial charge in [-0.05, 0) is 12.5 Å². The molecule has 1 heterocycles. The van der Waals surface area contributed by atoms with Gasteiger partial charge in [-0.25, -0.2) is 0 Å². The van der Waals surface area contributed by atoms with Crippen LogP contribution in [0.25, 0.3) is 0 Å². The minimum atomic E-state index is -0.373. The van der Waals surface area contributed by atoms with Gasteiger partial charge in [-0.3, -0.25) is 4.79 Å². The molecule has 0 unspecified atom stereocenters. The third-order valence-corrected chi connectivity index (χ3v) is 2.98. The van der Waals surface area contributed by atoms with Gasteiger partial charge in [0.15, 0.2) is 0 Å². The molecule has 4 nitrogen and oxygen atoms in total. The van der Waals surface area contributed by atoms with E-state index in [1.54, 1.807) is 0 Å². The zero-order valence-electron chi connectivity index (χ0n) is 10.7. The minimum Gasteiger partial charge on any atom is -0.463 e. The second-order valence-corrected chi connectivity index (χ2v) is 4.70. The lowest BCUT2D eigenvalue weighted by molar-refractivity contribution is -0.142. The highest BCUT2D eigenvalue weighted by atomic mass is 16.7. The van der Waals surface area contributed by atoms with Crippen LogP contribution in [0.4, 0.5) is 0 Å². The van der Waals surface area contributed by atoms with Crippen molar-refractivity contribution in [3.05, 3.63) is 35.9 Å². The van der Waals surface area contributed by atoms with Crippen molar-refractivity contribution in [3.8, 4) is 0 Å².